The minimum atomic E-state index is -0.0558. The van der Waals surface area contributed by atoms with Gasteiger partial charge in [0.1, 0.15) is 0 Å². The van der Waals surface area contributed by atoms with Gasteiger partial charge in [-0.3, -0.25) is 9.59 Å². The van der Waals surface area contributed by atoms with Crippen molar-refractivity contribution in [2.24, 2.45) is 0 Å². The van der Waals surface area contributed by atoms with Crippen LogP contribution in [0.25, 0.3) is 0 Å². The van der Waals surface area contributed by atoms with Crippen molar-refractivity contribution < 1.29 is 9.59 Å². The number of carbonyl (C=O) groups excluding carboxylic acids is 2. The molecule has 0 aromatic heterocycles. The van der Waals surface area contributed by atoms with Crippen molar-refractivity contribution in [1.82, 2.24) is 15.5 Å². The zero-order valence-electron chi connectivity index (χ0n) is 10.4. The Morgan fingerprint density at radius 3 is 2.89 bits per heavy atom. The normalized spacial score (nSPS) is 19.2. The second kappa shape index (κ2) is 7.38. The number of nitrogens with zero attached hydrogens (tertiary/aromatic N) is 1. The van der Waals surface area contributed by atoms with Crippen LogP contribution in [-0.4, -0.2) is 49.4 Å². The van der Waals surface area contributed by atoms with Gasteiger partial charge in [-0.15, -0.1) is 12.4 Å². The molecule has 102 valence electrons. The van der Waals surface area contributed by atoms with Crippen molar-refractivity contribution in [1.29, 1.82) is 0 Å². The first-order valence-corrected chi connectivity index (χ1v) is 6.19. The van der Waals surface area contributed by atoms with E-state index in [1.165, 1.54) is 5.57 Å². The lowest BCUT2D eigenvalue weighted by atomic mass is 10.1. The van der Waals surface area contributed by atoms with Crippen molar-refractivity contribution in [3.63, 3.8) is 0 Å². The minimum absolute atomic E-state index is 0. The van der Waals surface area contributed by atoms with Gasteiger partial charge in [-0.2, -0.15) is 0 Å². The maximum atomic E-state index is 11.6. The van der Waals surface area contributed by atoms with Crippen LogP contribution in [0.1, 0.15) is 19.3 Å². The number of carbonyl (C=O) groups is 2. The van der Waals surface area contributed by atoms with Crippen LogP contribution in [0.3, 0.4) is 0 Å². The molecular formula is C12H20ClN3O2. The van der Waals surface area contributed by atoms with E-state index < -0.39 is 0 Å². The highest BCUT2D eigenvalue weighted by atomic mass is 35.5. The van der Waals surface area contributed by atoms with Crippen LogP contribution in [0.15, 0.2) is 11.6 Å². The van der Waals surface area contributed by atoms with E-state index in [9.17, 15) is 9.59 Å². The largest absolute Gasteiger partial charge is 0.351 e. The molecule has 2 rings (SSSR count). The number of amides is 2. The Morgan fingerprint density at radius 2 is 2.28 bits per heavy atom. The Morgan fingerprint density at radius 1 is 1.44 bits per heavy atom. The lowest BCUT2D eigenvalue weighted by Gasteiger charge is -2.17. The molecule has 2 amide bonds. The highest BCUT2D eigenvalue weighted by Gasteiger charge is 2.22. The SMILES string of the molecule is Cl.O=C(CN1CCCC1=O)NCC1=CCNCC1. The Hall–Kier alpha value is -1.07. The summed E-state index contributed by atoms with van der Waals surface area (Å²) in [6.45, 7) is 3.41. The molecule has 2 aliphatic rings. The quantitative estimate of drug-likeness (QED) is 0.713. The zero-order valence-corrected chi connectivity index (χ0v) is 11.2. The molecule has 0 aliphatic carbocycles. The minimum Gasteiger partial charge on any atom is -0.351 e. The van der Waals surface area contributed by atoms with Crippen LogP contribution in [0, 0.1) is 0 Å². The molecule has 0 aromatic rings. The van der Waals surface area contributed by atoms with E-state index in [0.29, 0.717) is 13.0 Å². The van der Waals surface area contributed by atoms with E-state index in [-0.39, 0.29) is 30.8 Å². The summed E-state index contributed by atoms with van der Waals surface area (Å²) in [6, 6.07) is 0. The topological polar surface area (TPSA) is 61.4 Å². The van der Waals surface area contributed by atoms with E-state index >= 15 is 0 Å². The maximum Gasteiger partial charge on any atom is 0.239 e. The predicted octanol–water partition coefficient (Wildman–Crippen LogP) is 0.0665. The Labute approximate surface area is 113 Å². The van der Waals surface area contributed by atoms with E-state index in [0.717, 1.165) is 32.5 Å². The van der Waals surface area contributed by atoms with Crippen LogP contribution >= 0.6 is 12.4 Å². The van der Waals surface area contributed by atoms with Crippen molar-refractivity contribution in [3.8, 4) is 0 Å². The number of halogens is 1. The monoisotopic (exact) mass is 273 g/mol. The van der Waals surface area contributed by atoms with Gasteiger partial charge in [0, 0.05) is 26.1 Å². The molecule has 0 radical (unpaired) electrons. The molecule has 2 N–H and O–H groups in total. The first kappa shape index (κ1) is 15.0. The summed E-state index contributed by atoms with van der Waals surface area (Å²) in [6.07, 6.45) is 4.57. The van der Waals surface area contributed by atoms with Gasteiger partial charge in [-0.1, -0.05) is 11.6 Å². The highest BCUT2D eigenvalue weighted by molar-refractivity contribution is 5.86. The van der Waals surface area contributed by atoms with Gasteiger partial charge in [0.25, 0.3) is 0 Å². The molecule has 1 fully saturated rings. The van der Waals surface area contributed by atoms with Crippen LogP contribution in [0.5, 0.6) is 0 Å². The molecule has 2 aliphatic heterocycles. The molecule has 0 saturated carbocycles. The van der Waals surface area contributed by atoms with Gasteiger partial charge in [-0.05, 0) is 19.4 Å². The van der Waals surface area contributed by atoms with E-state index in [1.54, 1.807) is 4.90 Å². The van der Waals surface area contributed by atoms with Crippen molar-refractivity contribution in [3.05, 3.63) is 11.6 Å². The molecule has 18 heavy (non-hydrogen) atoms. The molecule has 2 heterocycles. The summed E-state index contributed by atoms with van der Waals surface area (Å²) in [7, 11) is 0. The van der Waals surface area contributed by atoms with Crippen molar-refractivity contribution in [2.45, 2.75) is 19.3 Å². The van der Waals surface area contributed by atoms with Gasteiger partial charge in [0.15, 0.2) is 0 Å². The molecule has 5 nitrogen and oxygen atoms in total. The van der Waals surface area contributed by atoms with E-state index in [1.807, 2.05) is 0 Å². The van der Waals surface area contributed by atoms with Crippen LogP contribution < -0.4 is 10.6 Å². The molecule has 0 atom stereocenters. The smallest absolute Gasteiger partial charge is 0.239 e. The summed E-state index contributed by atoms with van der Waals surface area (Å²) < 4.78 is 0. The molecule has 0 bridgehead atoms. The number of rotatable bonds is 4. The molecule has 6 heteroatoms. The fourth-order valence-electron chi connectivity index (χ4n) is 2.14. The first-order valence-electron chi connectivity index (χ1n) is 6.19. The third-order valence-electron chi connectivity index (χ3n) is 3.18. The van der Waals surface area contributed by atoms with Gasteiger partial charge in [0.2, 0.25) is 11.8 Å². The summed E-state index contributed by atoms with van der Waals surface area (Å²) in [5.74, 6) is 0.0425. The zero-order chi connectivity index (χ0) is 12.1. The molecule has 0 aromatic carbocycles. The maximum absolute atomic E-state index is 11.6. The van der Waals surface area contributed by atoms with Gasteiger partial charge in [-0.25, -0.2) is 0 Å². The van der Waals surface area contributed by atoms with Crippen LogP contribution in [0.4, 0.5) is 0 Å². The fraction of sp³-hybridized carbons (Fsp3) is 0.667. The number of likely N-dealkylation sites (tertiary alicyclic amines) is 1. The summed E-state index contributed by atoms with van der Waals surface area (Å²) in [4.78, 5) is 24.6. The van der Waals surface area contributed by atoms with Gasteiger partial charge in [0.05, 0.1) is 6.54 Å². The summed E-state index contributed by atoms with van der Waals surface area (Å²) in [5.41, 5.74) is 1.27. The second-order valence-corrected chi connectivity index (χ2v) is 4.51. The summed E-state index contributed by atoms with van der Waals surface area (Å²) >= 11 is 0. The molecule has 0 unspecified atom stereocenters. The standard InChI is InChI=1S/C12H19N3O2.ClH/c16-11(9-15-7-1-2-12(15)17)14-8-10-3-5-13-6-4-10;/h3,13H,1-2,4-9H2,(H,14,16);1H. The third kappa shape index (κ3) is 4.31. The Balaban J connectivity index is 0.00000162. The summed E-state index contributed by atoms with van der Waals surface area (Å²) in [5, 5.41) is 6.10. The van der Waals surface area contributed by atoms with E-state index in [2.05, 4.69) is 16.7 Å². The Bertz CT molecular complexity index is 344. The van der Waals surface area contributed by atoms with Crippen molar-refractivity contribution in [2.75, 3.05) is 32.7 Å². The highest BCUT2D eigenvalue weighted by Crippen LogP contribution is 2.08. The van der Waals surface area contributed by atoms with Crippen LogP contribution in [0.2, 0.25) is 0 Å². The van der Waals surface area contributed by atoms with Gasteiger partial charge < -0.3 is 15.5 Å². The predicted molar refractivity (Wildman–Crippen MR) is 71.6 cm³/mol. The Kier molecular flexibility index (Phi) is 6.15. The number of hydrogen-bond acceptors (Lipinski definition) is 3. The molecule has 0 spiro atoms. The number of nitrogens with one attached hydrogen (secondary N) is 2. The van der Waals surface area contributed by atoms with Gasteiger partial charge >= 0.3 is 0 Å². The third-order valence-corrected chi connectivity index (χ3v) is 3.18. The molecule has 1 saturated heterocycles. The average molecular weight is 274 g/mol. The average Bonchev–Trinajstić information content (AvgIpc) is 2.74. The first-order chi connectivity index (χ1) is 8.25. The van der Waals surface area contributed by atoms with E-state index in [4.69, 9.17) is 0 Å². The van der Waals surface area contributed by atoms with Crippen molar-refractivity contribution >= 4 is 24.2 Å². The second-order valence-electron chi connectivity index (χ2n) is 4.51. The fourth-order valence-corrected chi connectivity index (χ4v) is 2.14. The molecular weight excluding hydrogens is 254 g/mol. The number of hydrogen-bond donors (Lipinski definition) is 2. The van der Waals surface area contributed by atoms with Crippen LogP contribution in [-0.2, 0) is 9.59 Å². The lowest BCUT2D eigenvalue weighted by Crippen LogP contribution is -2.39. The lowest BCUT2D eigenvalue weighted by molar-refractivity contribution is -0.133.